The first-order valence-electron chi connectivity index (χ1n) is 11.3. The van der Waals surface area contributed by atoms with Crippen LogP contribution in [0.2, 0.25) is 0 Å². The predicted molar refractivity (Wildman–Crippen MR) is 121 cm³/mol. The molecule has 2 fully saturated rings. The Morgan fingerprint density at radius 3 is 2.24 bits per heavy atom. The fraction of sp³-hybridized carbons (Fsp3) is 0.762. The SMILES string of the molecule is CC1(C)OB(c2cnc(S(=O)(=O)CCCC3CCN(C(=O)C(O)CO)CC3)nc2)OC1(C)C. The van der Waals surface area contributed by atoms with E-state index < -0.39 is 46.8 Å². The zero-order valence-corrected chi connectivity index (χ0v) is 20.5. The number of aromatic nitrogens is 2. The number of rotatable bonds is 8. The van der Waals surface area contributed by atoms with Gasteiger partial charge in [-0.3, -0.25) is 4.79 Å². The number of aliphatic hydroxyl groups is 2. The number of hydrogen-bond acceptors (Lipinski definition) is 9. The number of likely N-dealkylation sites (tertiary alicyclic amines) is 1. The second kappa shape index (κ2) is 9.95. The lowest BCUT2D eigenvalue weighted by atomic mass is 9.81. The Labute approximate surface area is 195 Å². The summed E-state index contributed by atoms with van der Waals surface area (Å²) in [4.78, 5) is 21.6. The number of sulfone groups is 1. The molecule has 0 saturated carbocycles. The summed E-state index contributed by atoms with van der Waals surface area (Å²) in [5.74, 6) is -0.201. The zero-order valence-electron chi connectivity index (χ0n) is 19.7. The van der Waals surface area contributed by atoms with E-state index in [2.05, 4.69) is 9.97 Å². The molecule has 1 amide bonds. The van der Waals surface area contributed by atoms with Crippen molar-refractivity contribution < 1.29 is 32.7 Å². The van der Waals surface area contributed by atoms with Crippen molar-refractivity contribution in [1.82, 2.24) is 14.9 Å². The highest BCUT2D eigenvalue weighted by molar-refractivity contribution is 7.91. The fourth-order valence-corrected chi connectivity index (χ4v) is 5.13. The molecule has 1 atom stereocenters. The summed E-state index contributed by atoms with van der Waals surface area (Å²) in [6, 6.07) is 0. The Kier molecular flexibility index (Phi) is 7.84. The minimum absolute atomic E-state index is 0.0504. The van der Waals surface area contributed by atoms with E-state index in [0.717, 1.165) is 19.3 Å². The van der Waals surface area contributed by atoms with Crippen molar-refractivity contribution in [2.45, 2.75) is 75.8 Å². The lowest BCUT2D eigenvalue weighted by Gasteiger charge is -2.33. The maximum Gasteiger partial charge on any atom is 0.498 e. The van der Waals surface area contributed by atoms with Crippen LogP contribution >= 0.6 is 0 Å². The van der Waals surface area contributed by atoms with Crippen molar-refractivity contribution in [3.05, 3.63) is 12.4 Å². The van der Waals surface area contributed by atoms with Gasteiger partial charge < -0.3 is 24.4 Å². The molecule has 184 valence electrons. The first kappa shape index (κ1) is 26.0. The molecule has 0 aromatic carbocycles. The number of nitrogens with zero attached hydrogens (tertiary/aromatic N) is 3. The van der Waals surface area contributed by atoms with E-state index in [-0.39, 0.29) is 10.9 Å². The van der Waals surface area contributed by atoms with Gasteiger partial charge in [0.15, 0.2) is 6.10 Å². The van der Waals surface area contributed by atoms with E-state index in [4.69, 9.17) is 14.4 Å². The number of carbonyl (C=O) groups excluding carboxylic acids is 1. The molecule has 1 aromatic heterocycles. The van der Waals surface area contributed by atoms with Gasteiger partial charge in [-0.1, -0.05) is 0 Å². The van der Waals surface area contributed by atoms with Gasteiger partial charge >= 0.3 is 7.12 Å². The van der Waals surface area contributed by atoms with Crippen molar-refractivity contribution in [3.63, 3.8) is 0 Å². The summed E-state index contributed by atoms with van der Waals surface area (Å²) in [7, 11) is -4.27. The van der Waals surface area contributed by atoms with Gasteiger partial charge in [0.25, 0.3) is 5.91 Å². The molecule has 3 rings (SSSR count). The molecule has 10 nitrogen and oxygen atoms in total. The van der Waals surface area contributed by atoms with Crippen molar-refractivity contribution in [2.75, 3.05) is 25.4 Å². The maximum absolute atomic E-state index is 12.7. The smallest absolute Gasteiger partial charge is 0.399 e. The number of amides is 1. The average molecular weight is 483 g/mol. The van der Waals surface area contributed by atoms with Gasteiger partial charge in [-0.05, 0) is 59.3 Å². The van der Waals surface area contributed by atoms with Crippen LogP contribution in [-0.2, 0) is 23.9 Å². The van der Waals surface area contributed by atoms with Crippen LogP contribution < -0.4 is 5.46 Å². The highest BCUT2D eigenvalue weighted by Gasteiger charge is 2.52. The van der Waals surface area contributed by atoms with E-state index in [0.29, 0.717) is 30.9 Å². The van der Waals surface area contributed by atoms with Gasteiger partial charge in [-0.2, -0.15) is 0 Å². The highest BCUT2D eigenvalue weighted by Crippen LogP contribution is 2.36. The molecule has 2 N–H and O–H groups in total. The standard InChI is InChI=1S/C21H34BN3O7S/c1-20(2)21(3,4)32-22(31-20)16-12-23-19(24-13-16)33(29,30)11-5-6-15-7-9-25(10-8-15)18(28)17(27)14-26/h12-13,15,17,26-27H,5-11,14H2,1-4H3. The minimum atomic E-state index is -3.62. The molecular weight excluding hydrogens is 449 g/mol. The number of carbonyl (C=O) groups is 1. The second-order valence-electron chi connectivity index (χ2n) is 9.82. The largest absolute Gasteiger partial charge is 0.498 e. The number of piperidine rings is 1. The first-order valence-corrected chi connectivity index (χ1v) is 13.0. The molecule has 2 aliphatic rings. The van der Waals surface area contributed by atoms with Gasteiger partial charge in [0.1, 0.15) is 0 Å². The number of hydrogen-bond donors (Lipinski definition) is 2. The van der Waals surface area contributed by atoms with E-state index in [9.17, 15) is 18.3 Å². The van der Waals surface area contributed by atoms with Gasteiger partial charge in [-0.15, -0.1) is 0 Å². The Hall–Kier alpha value is -1.60. The number of aliphatic hydroxyl groups excluding tert-OH is 2. The van der Waals surface area contributed by atoms with Gasteiger partial charge in [-0.25, -0.2) is 18.4 Å². The van der Waals surface area contributed by atoms with Crippen LogP contribution in [0.5, 0.6) is 0 Å². The van der Waals surface area contributed by atoms with E-state index >= 15 is 0 Å². The Morgan fingerprint density at radius 2 is 1.73 bits per heavy atom. The molecular formula is C21H34BN3O7S. The molecule has 1 aromatic rings. The third-order valence-electron chi connectivity index (χ3n) is 6.86. The minimum Gasteiger partial charge on any atom is -0.399 e. The van der Waals surface area contributed by atoms with Crippen LogP contribution in [0, 0.1) is 5.92 Å². The second-order valence-corrected chi connectivity index (χ2v) is 11.8. The molecule has 0 aliphatic carbocycles. The van der Waals surface area contributed by atoms with Crippen LogP contribution in [0.15, 0.2) is 17.6 Å². The van der Waals surface area contributed by atoms with Crippen molar-refractivity contribution in [1.29, 1.82) is 0 Å². The maximum atomic E-state index is 12.7. The lowest BCUT2D eigenvalue weighted by Crippen LogP contribution is -2.45. The Bertz CT molecular complexity index is 916. The summed E-state index contributed by atoms with van der Waals surface area (Å²) >= 11 is 0. The van der Waals surface area contributed by atoms with Crippen molar-refractivity contribution in [3.8, 4) is 0 Å². The molecule has 0 spiro atoms. The molecule has 33 heavy (non-hydrogen) atoms. The first-order chi connectivity index (χ1) is 15.4. The summed E-state index contributed by atoms with van der Waals surface area (Å²) < 4.78 is 37.2. The molecule has 3 heterocycles. The third kappa shape index (κ3) is 5.91. The summed E-state index contributed by atoms with van der Waals surface area (Å²) in [5.41, 5.74) is -0.449. The van der Waals surface area contributed by atoms with E-state index in [1.54, 1.807) is 4.90 Å². The molecule has 12 heteroatoms. The summed E-state index contributed by atoms with van der Waals surface area (Å²) in [6.07, 6.45) is 4.18. The third-order valence-corrected chi connectivity index (χ3v) is 8.45. The van der Waals surface area contributed by atoms with Gasteiger partial charge in [0.2, 0.25) is 15.0 Å². The topological polar surface area (TPSA) is 139 Å². The van der Waals surface area contributed by atoms with Crippen molar-refractivity contribution >= 4 is 28.3 Å². The van der Waals surface area contributed by atoms with Crippen LogP contribution in [-0.4, -0.2) is 89.3 Å². The zero-order chi connectivity index (χ0) is 24.4. The monoisotopic (exact) mass is 483 g/mol. The lowest BCUT2D eigenvalue weighted by molar-refractivity contribution is -0.143. The normalized spacial score (nSPS) is 21.9. The quantitative estimate of drug-likeness (QED) is 0.384. The van der Waals surface area contributed by atoms with Crippen LogP contribution in [0.25, 0.3) is 0 Å². The van der Waals surface area contributed by atoms with E-state index in [1.807, 2.05) is 27.7 Å². The van der Waals surface area contributed by atoms with E-state index in [1.165, 1.54) is 12.4 Å². The Morgan fingerprint density at radius 1 is 1.18 bits per heavy atom. The summed E-state index contributed by atoms with van der Waals surface area (Å²) in [5, 5.41) is 18.2. The average Bonchev–Trinajstić information content (AvgIpc) is 3.00. The highest BCUT2D eigenvalue weighted by atomic mass is 32.2. The van der Waals surface area contributed by atoms with Crippen molar-refractivity contribution in [2.24, 2.45) is 5.92 Å². The summed E-state index contributed by atoms with van der Waals surface area (Å²) in [6.45, 7) is 8.16. The molecule has 1 unspecified atom stereocenters. The van der Waals surface area contributed by atoms with Crippen LogP contribution in [0.1, 0.15) is 53.4 Å². The van der Waals surface area contributed by atoms with Crippen LogP contribution in [0.3, 0.4) is 0 Å². The fourth-order valence-electron chi connectivity index (χ4n) is 3.97. The molecule has 2 saturated heterocycles. The molecule has 0 bridgehead atoms. The molecule has 2 aliphatic heterocycles. The predicted octanol–water partition coefficient (Wildman–Crippen LogP) is -0.0785. The van der Waals surface area contributed by atoms with Gasteiger partial charge in [0.05, 0.1) is 23.6 Å². The van der Waals surface area contributed by atoms with Crippen LogP contribution in [0.4, 0.5) is 0 Å². The molecule has 0 radical (unpaired) electrons. The van der Waals surface area contributed by atoms with Gasteiger partial charge in [0, 0.05) is 30.9 Å². The Balaban J connectivity index is 1.48.